The first-order chi connectivity index (χ1) is 11.9. The number of nitrogens with zero attached hydrogens (tertiary/aromatic N) is 1. The van der Waals surface area contributed by atoms with Gasteiger partial charge in [0.05, 0.1) is 12.7 Å². The van der Waals surface area contributed by atoms with Gasteiger partial charge in [-0.1, -0.05) is 30.3 Å². The minimum atomic E-state index is 0.240. The second-order valence-corrected chi connectivity index (χ2v) is 6.03. The van der Waals surface area contributed by atoms with E-state index in [1.807, 2.05) is 42.5 Å². The summed E-state index contributed by atoms with van der Waals surface area (Å²) in [6.07, 6.45) is 5.49. The maximum absolute atomic E-state index is 5.98. The standard InChI is InChI=1S/C20H19NO3/c1-2-4-15(5-3-1)12-23-18-10-19(11-18)24-17-8-6-16(7-9-17)20-13-22-14-21-20/h1-9,13-14,18-19H,10-12H2. The molecule has 0 N–H and O–H groups in total. The van der Waals surface area contributed by atoms with E-state index in [2.05, 4.69) is 17.1 Å². The SMILES string of the molecule is c1ccc(COC2CC(Oc3ccc(-c4cocn4)cc3)C2)cc1. The van der Waals surface area contributed by atoms with Crippen molar-refractivity contribution in [2.24, 2.45) is 0 Å². The Morgan fingerprint density at radius 3 is 2.46 bits per heavy atom. The molecule has 1 aliphatic rings. The highest BCUT2D eigenvalue weighted by Crippen LogP contribution is 2.30. The highest BCUT2D eigenvalue weighted by atomic mass is 16.5. The third-order valence-electron chi connectivity index (χ3n) is 4.27. The van der Waals surface area contributed by atoms with Crippen LogP contribution in [0.2, 0.25) is 0 Å². The van der Waals surface area contributed by atoms with Crippen molar-refractivity contribution in [1.82, 2.24) is 4.98 Å². The van der Waals surface area contributed by atoms with Gasteiger partial charge >= 0.3 is 0 Å². The lowest BCUT2D eigenvalue weighted by Gasteiger charge is -2.35. The van der Waals surface area contributed by atoms with Gasteiger partial charge in [0.1, 0.15) is 23.8 Å². The highest BCUT2D eigenvalue weighted by molar-refractivity contribution is 5.58. The molecule has 24 heavy (non-hydrogen) atoms. The normalized spacial score (nSPS) is 19.7. The average molecular weight is 321 g/mol. The monoisotopic (exact) mass is 321 g/mol. The Morgan fingerprint density at radius 1 is 0.958 bits per heavy atom. The van der Waals surface area contributed by atoms with Gasteiger partial charge in [-0.2, -0.15) is 0 Å². The molecule has 0 aliphatic heterocycles. The van der Waals surface area contributed by atoms with Crippen LogP contribution in [0, 0.1) is 0 Å². The van der Waals surface area contributed by atoms with Crippen molar-refractivity contribution in [3.8, 4) is 17.0 Å². The number of ether oxygens (including phenoxy) is 2. The third-order valence-corrected chi connectivity index (χ3v) is 4.27. The number of oxazole rings is 1. The molecule has 3 aromatic rings. The number of aromatic nitrogens is 1. The molecule has 4 heteroatoms. The lowest BCUT2D eigenvalue weighted by molar-refractivity contribution is -0.0683. The molecule has 2 aromatic carbocycles. The summed E-state index contributed by atoms with van der Waals surface area (Å²) in [6.45, 7) is 0.671. The molecule has 0 bridgehead atoms. The fourth-order valence-corrected chi connectivity index (χ4v) is 2.79. The molecule has 1 heterocycles. The van der Waals surface area contributed by atoms with Crippen molar-refractivity contribution in [3.63, 3.8) is 0 Å². The number of benzene rings is 2. The fraction of sp³-hybridized carbons (Fsp3) is 0.250. The minimum Gasteiger partial charge on any atom is -0.490 e. The van der Waals surface area contributed by atoms with Gasteiger partial charge in [-0.25, -0.2) is 4.98 Å². The predicted molar refractivity (Wildman–Crippen MR) is 90.6 cm³/mol. The fourth-order valence-electron chi connectivity index (χ4n) is 2.79. The van der Waals surface area contributed by atoms with Crippen LogP contribution in [-0.2, 0) is 11.3 Å². The quantitative estimate of drug-likeness (QED) is 0.672. The van der Waals surface area contributed by atoms with E-state index >= 15 is 0 Å². The molecule has 1 saturated carbocycles. The maximum Gasteiger partial charge on any atom is 0.181 e. The van der Waals surface area contributed by atoms with E-state index in [0.717, 1.165) is 29.8 Å². The molecule has 0 amide bonds. The molecule has 1 fully saturated rings. The van der Waals surface area contributed by atoms with Crippen LogP contribution >= 0.6 is 0 Å². The summed E-state index contributed by atoms with van der Waals surface area (Å²) in [5, 5.41) is 0. The molecule has 1 aromatic heterocycles. The zero-order chi connectivity index (χ0) is 16.2. The first-order valence-corrected chi connectivity index (χ1v) is 8.17. The molecular weight excluding hydrogens is 302 g/mol. The Hall–Kier alpha value is -2.59. The van der Waals surface area contributed by atoms with E-state index in [1.54, 1.807) is 6.26 Å². The third kappa shape index (κ3) is 3.49. The van der Waals surface area contributed by atoms with Crippen LogP contribution in [0.15, 0.2) is 71.7 Å². The summed E-state index contributed by atoms with van der Waals surface area (Å²) in [7, 11) is 0. The molecule has 1 aliphatic carbocycles. The van der Waals surface area contributed by atoms with Gasteiger partial charge in [0, 0.05) is 18.4 Å². The summed E-state index contributed by atoms with van der Waals surface area (Å²) < 4.78 is 16.9. The first-order valence-electron chi connectivity index (χ1n) is 8.17. The smallest absolute Gasteiger partial charge is 0.181 e. The lowest BCUT2D eigenvalue weighted by atomic mass is 9.92. The van der Waals surface area contributed by atoms with Gasteiger partial charge in [0.2, 0.25) is 0 Å². The number of hydrogen-bond acceptors (Lipinski definition) is 4. The second-order valence-electron chi connectivity index (χ2n) is 6.03. The molecule has 4 nitrogen and oxygen atoms in total. The molecule has 0 unspecified atom stereocenters. The van der Waals surface area contributed by atoms with Gasteiger partial charge in [-0.15, -0.1) is 0 Å². The highest BCUT2D eigenvalue weighted by Gasteiger charge is 2.31. The van der Waals surface area contributed by atoms with Crippen molar-refractivity contribution < 1.29 is 13.9 Å². The van der Waals surface area contributed by atoms with E-state index in [1.165, 1.54) is 12.0 Å². The van der Waals surface area contributed by atoms with E-state index in [0.29, 0.717) is 12.7 Å². The van der Waals surface area contributed by atoms with Crippen molar-refractivity contribution in [2.45, 2.75) is 31.7 Å². The van der Waals surface area contributed by atoms with Crippen molar-refractivity contribution in [1.29, 1.82) is 0 Å². The summed E-state index contributed by atoms with van der Waals surface area (Å²) in [6, 6.07) is 18.2. The number of hydrogen-bond donors (Lipinski definition) is 0. The van der Waals surface area contributed by atoms with Crippen LogP contribution in [0.25, 0.3) is 11.3 Å². The predicted octanol–water partition coefficient (Wildman–Crippen LogP) is 4.47. The second kappa shape index (κ2) is 6.89. The van der Waals surface area contributed by atoms with Crippen LogP contribution in [0.3, 0.4) is 0 Å². The molecular formula is C20H19NO3. The Labute approximate surface area is 141 Å². The largest absolute Gasteiger partial charge is 0.490 e. The van der Waals surface area contributed by atoms with Gasteiger partial charge in [0.25, 0.3) is 0 Å². The van der Waals surface area contributed by atoms with E-state index < -0.39 is 0 Å². The Bertz CT molecular complexity index is 747. The zero-order valence-electron chi connectivity index (χ0n) is 13.3. The van der Waals surface area contributed by atoms with Crippen LogP contribution in [-0.4, -0.2) is 17.2 Å². The molecule has 0 spiro atoms. The van der Waals surface area contributed by atoms with E-state index in [-0.39, 0.29) is 6.10 Å². The van der Waals surface area contributed by atoms with E-state index in [9.17, 15) is 0 Å². The van der Waals surface area contributed by atoms with Crippen LogP contribution in [0.4, 0.5) is 0 Å². The van der Waals surface area contributed by atoms with Crippen LogP contribution in [0.5, 0.6) is 5.75 Å². The lowest BCUT2D eigenvalue weighted by Crippen LogP contribution is -2.39. The molecule has 122 valence electrons. The van der Waals surface area contributed by atoms with Gasteiger partial charge < -0.3 is 13.9 Å². The summed E-state index contributed by atoms with van der Waals surface area (Å²) in [5.74, 6) is 0.883. The van der Waals surface area contributed by atoms with Gasteiger partial charge in [0.15, 0.2) is 6.39 Å². The minimum absolute atomic E-state index is 0.240. The maximum atomic E-state index is 5.98. The number of rotatable bonds is 6. The zero-order valence-corrected chi connectivity index (χ0v) is 13.3. The van der Waals surface area contributed by atoms with Crippen LogP contribution < -0.4 is 4.74 Å². The van der Waals surface area contributed by atoms with Gasteiger partial charge in [-0.3, -0.25) is 0 Å². The van der Waals surface area contributed by atoms with Gasteiger partial charge in [-0.05, 0) is 29.8 Å². The Kier molecular flexibility index (Phi) is 4.30. The molecule has 0 atom stereocenters. The summed E-state index contributed by atoms with van der Waals surface area (Å²) in [5.41, 5.74) is 3.07. The van der Waals surface area contributed by atoms with Crippen molar-refractivity contribution in [3.05, 3.63) is 72.8 Å². The van der Waals surface area contributed by atoms with Crippen molar-refractivity contribution in [2.75, 3.05) is 0 Å². The molecule has 0 radical (unpaired) electrons. The molecule has 0 saturated heterocycles. The first kappa shape index (κ1) is 15.0. The summed E-state index contributed by atoms with van der Waals surface area (Å²) in [4.78, 5) is 4.14. The van der Waals surface area contributed by atoms with Crippen LogP contribution in [0.1, 0.15) is 18.4 Å². The average Bonchev–Trinajstić information content (AvgIpc) is 3.13. The summed E-state index contributed by atoms with van der Waals surface area (Å²) >= 11 is 0. The Morgan fingerprint density at radius 2 is 1.75 bits per heavy atom. The molecule has 4 rings (SSSR count). The van der Waals surface area contributed by atoms with E-state index in [4.69, 9.17) is 13.9 Å². The Balaban J connectivity index is 1.23. The van der Waals surface area contributed by atoms with Crippen molar-refractivity contribution >= 4 is 0 Å². The topological polar surface area (TPSA) is 44.5 Å².